The van der Waals surface area contributed by atoms with E-state index in [9.17, 15) is 14.0 Å². The first-order valence-corrected chi connectivity index (χ1v) is 6.76. The van der Waals surface area contributed by atoms with Crippen LogP contribution in [0.4, 0.5) is 4.39 Å². The summed E-state index contributed by atoms with van der Waals surface area (Å²) in [7, 11) is 0. The number of halogens is 1. The van der Waals surface area contributed by atoms with Gasteiger partial charge in [0.25, 0.3) is 0 Å². The van der Waals surface area contributed by atoms with Crippen molar-refractivity contribution in [1.82, 2.24) is 4.90 Å². The number of benzene rings is 1. The maximum Gasteiger partial charge on any atom is 0.323 e. The van der Waals surface area contributed by atoms with Crippen molar-refractivity contribution in [2.75, 3.05) is 19.7 Å². The normalized spacial score (nSPS) is 10.5. The Balaban J connectivity index is 2.47. The van der Waals surface area contributed by atoms with Gasteiger partial charge in [0.05, 0.1) is 13.0 Å². The van der Waals surface area contributed by atoms with Gasteiger partial charge in [0.2, 0.25) is 5.91 Å². The molecule has 5 nitrogen and oxygen atoms in total. The predicted molar refractivity (Wildman–Crippen MR) is 75.6 cm³/mol. The molecule has 21 heavy (non-hydrogen) atoms. The molecular formula is C15H20FNO4. The summed E-state index contributed by atoms with van der Waals surface area (Å²) in [5.74, 6) is -1.22. The third kappa shape index (κ3) is 6.74. The van der Waals surface area contributed by atoms with Crippen molar-refractivity contribution in [2.24, 2.45) is 5.92 Å². The van der Waals surface area contributed by atoms with E-state index in [1.54, 1.807) is 6.07 Å². The zero-order chi connectivity index (χ0) is 15.8. The second-order valence-electron chi connectivity index (χ2n) is 5.12. The fourth-order valence-electron chi connectivity index (χ4n) is 1.83. The smallest absolute Gasteiger partial charge is 0.323 e. The minimum absolute atomic E-state index is 0.0521. The van der Waals surface area contributed by atoms with Gasteiger partial charge in [0.15, 0.2) is 0 Å². The summed E-state index contributed by atoms with van der Waals surface area (Å²) in [4.78, 5) is 24.0. The summed E-state index contributed by atoms with van der Waals surface area (Å²) in [6, 6.07) is 5.64. The van der Waals surface area contributed by atoms with Crippen LogP contribution in [0.2, 0.25) is 0 Å². The number of hydrogen-bond acceptors (Lipinski definition) is 3. The zero-order valence-corrected chi connectivity index (χ0v) is 12.2. The van der Waals surface area contributed by atoms with E-state index in [-0.39, 0.29) is 31.4 Å². The third-order valence-corrected chi connectivity index (χ3v) is 2.65. The van der Waals surface area contributed by atoms with Crippen molar-refractivity contribution in [2.45, 2.75) is 20.3 Å². The van der Waals surface area contributed by atoms with Crippen molar-refractivity contribution in [1.29, 1.82) is 0 Å². The van der Waals surface area contributed by atoms with Crippen LogP contribution in [0, 0.1) is 11.7 Å². The molecule has 1 aromatic rings. The average molecular weight is 297 g/mol. The van der Waals surface area contributed by atoms with Crippen LogP contribution in [0.1, 0.15) is 20.3 Å². The number of hydrogen-bond donors (Lipinski definition) is 1. The fourth-order valence-corrected chi connectivity index (χ4v) is 1.83. The summed E-state index contributed by atoms with van der Waals surface area (Å²) < 4.78 is 18.2. The number of carbonyl (C=O) groups is 2. The predicted octanol–water partition coefficient (Wildman–Crippen LogP) is 2.16. The lowest BCUT2D eigenvalue weighted by Crippen LogP contribution is -2.38. The maximum atomic E-state index is 12.9. The van der Waals surface area contributed by atoms with E-state index in [0.717, 1.165) is 0 Å². The molecule has 0 bridgehead atoms. The molecule has 0 heterocycles. The quantitative estimate of drug-likeness (QED) is 0.798. The molecule has 0 unspecified atom stereocenters. The molecule has 0 radical (unpaired) electrons. The van der Waals surface area contributed by atoms with Crippen LogP contribution in [0.15, 0.2) is 24.3 Å². The number of carbonyl (C=O) groups excluding carboxylic acids is 1. The topological polar surface area (TPSA) is 66.8 Å². The SMILES string of the molecule is CC(C)CN(CC(=O)O)C(=O)CCOc1cccc(F)c1. The highest BCUT2D eigenvalue weighted by atomic mass is 19.1. The van der Waals surface area contributed by atoms with E-state index in [0.29, 0.717) is 12.3 Å². The minimum atomic E-state index is -1.05. The highest BCUT2D eigenvalue weighted by Crippen LogP contribution is 2.12. The van der Waals surface area contributed by atoms with E-state index < -0.39 is 11.8 Å². The van der Waals surface area contributed by atoms with Crippen LogP contribution >= 0.6 is 0 Å². The first-order valence-electron chi connectivity index (χ1n) is 6.76. The molecule has 0 aromatic heterocycles. The Kier molecular flexibility index (Phi) is 6.65. The zero-order valence-electron chi connectivity index (χ0n) is 12.2. The van der Waals surface area contributed by atoms with Gasteiger partial charge in [-0.3, -0.25) is 9.59 Å². The molecule has 0 fully saturated rings. The molecule has 0 saturated heterocycles. The lowest BCUT2D eigenvalue weighted by Gasteiger charge is -2.22. The summed E-state index contributed by atoms with van der Waals surface area (Å²) in [6.07, 6.45) is 0.0521. The van der Waals surface area contributed by atoms with Crippen molar-refractivity contribution in [3.8, 4) is 5.75 Å². The lowest BCUT2D eigenvalue weighted by molar-refractivity contribution is -0.145. The number of ether oxygens (including phenoxy) is 1. The van der Waals surface area contributed by atoms with Crippen LogP contribution in [0.25, 0.3) is 0 Å². The van der Waals surface area contributed by atoms with Gasteiger partial charge in [-0.15, -0.1) is 0 Å². The van der Waals surface area contributed by atoms with Gasteiger partial charge in [-0.25, -0.2) is 4.39 Å². The fraction of sp³-hybridized carbons (Fsp3) is 0.467. The van der Waals surface area contributed by atoms with E-state index in [1.807, 2.05) is 13.8 Å². The van der Waals surface area contributed by atoms with Gasteiger partial charge in [-0.1, -0.05) is 19.9 Å². The number of carboxylic acid groups (broad SMARTS) is 1. The van der Waals surface area contributed by atoms with Crippen molar-refractivity contribution in [3.63, 3.8) is 0 Å². The second kappa shape index (κ2) is 8.24. The number of amides is 1. The summed E-state index contributed by atoms with van der Waals surface area (Å²) >= 11 is 0. The largest absolute Gasteiger partial charge is 0.493 e. The maximum absolute atomic E-state index is 12.9. The highest BCUT2D eigenvalue weighted by Gasteiger charge is 2.17. The highest BCUT2D eigenvalue weighted by molar-refractivity contribution is 5.81. The molecule has 1 N–H and O–H groups in total. The molecule has 1 aromatic carbocycles. The summed E-state index contributed by atoms with van der Waals surface area (Å²) in [5.41, 5.74) is 0. The van der Waals surface area contributed by atoms with Gasteiger partial charge in [-0.2, -0.15) is 0 Å². The summed E-state index contributed by atoms with van der Waals surface area (Å²) in [5, 5.41) is 8.81. The Bertz CT molecular complexity index is 490. The van der Waals surface area contributed by atoms with Gasteiger partial charge in [-0.05, 0) is 18.1 Å². The Morgan fingerprint density at radius 3 is 2.67 bits per heavy atom. The van der Waals surface area contributed by atoms with Crippen LogP contribution in [-0.4, -0.2) is 41.6 Å². The molecule has 0 atom stereocenters. The number of aliphatic carboxylic acids is 1. The molecule has 0 aliphatic rings. The number of nitrogens with zero attached hydrogens (tertiary/aromatic N) is 1. The molecule has 6 heteroatoms. The number of carboxylic acids is 1. The van der Waals surface area contributed by atoms with Crippen molar-refractivity contribution < 1.29 is 23.8 Å². The third-order valence-electron chi connectivity index (χ3n) is 2.65. The second-order valence-corrected chi connectivity index (χ2v) is 5.12. The molecule has 0 saturated carbocycles. The molecule has 1 amide bonds. The monoisotopic (exact) mass is 297 g/mol. The average Bonchev–Trinajstić information content (AvgIpc) is 2.36. The minimum Gasteiger partial charge on any atom is -0.493 e. The molecule has 116 valence electrons. The van der Waals surface area contributed by atoms with E-state index in [4.69, 9.17) is 9.84 Å². The van der Waals surface area contributed by atoms with Crippen LogP contribution in [-0.2, 0) is 9.59 Å². The van der Waals surface area contributed by atoms with Gasteiger partial charge < -0.3 is 14.7 Å². The molecule has 0 spiro atoms. The first-order chi connectivity index (χ1) is 9.88. The Hall–Kier alpha value is -2.11. The molecule has 1 rings (SSSR count). The molecule has 0 aliphatic carbocycles. The van der Waals surface area contributed by atoms with Crippen molar-refractivity contribution >= 4 is 11.9 Å². The molecule has 0 aliphatic heterocycles. The number of rotatable bonds is 8. The van der Waals surface area contributed by atoms with Crippen LogP contribution < -0.4 is 4.74 Å². The lowest BCUT2D eigenvalue weighted by atomic mass is 10.2. The van der Waals surface area contributed by atoms with Gasteiger partial charge >= 0.3 is 5.97 Å². The van der Waals surface area contributed by atoms with Gasteiger partial charge in [0, 0.05) is 12.6 Å². The standard InChI is InChI=1S/C15H20FNO4/c1-11(2)9-17(10-15(19)20)14(18)6-7-21-13-5-3-4-12(16)8-13/h3-5,8,11H,6-7,9-10H2,1-2H3,(H,19,20). The Labute approximate surface area is 123 Å². The van der Waals surface area contributed by atoms with E-state index in [2.05, 4.69) is 0 Å². The first kappa shape index (κ1) is 16.9. The molecular weight excluding hydrogens is 277 g/mol. The summed E-state index contributed by atoms with van der Waals surface area (Å²) in [6.45, 7) is 3.95. The van der Waals surface area contributed by atoms with Crippen LogP contribution in [0.5, 0.6) is 5.75 Å². The van der Waals surface area contributed by atoms with Crippen molar-refractivity contribution in [3.05, 3.63) is 30.1 Å². The van der Waals surface area contributed by atoms with E-state index >= 15 is 0 Å². The Morgan fingerprint density at radius 1 is 1.38 bits per heavy atom. The van der Waals surface area contributed by atoms with Crippen LogP contribution in [0.3, 0.4) is 0 Å². The Morgan fingerprint density at radius 2 is 2.10 bits per heavy atom. The van der Waals surface area contributed by atoms with Gasteiger partial charge in [0.1, 0.15) is 18.1 Å². The van der Waals surface area contributed by atoms with E-state index in [1.165, 1.54) is 23.1 Å².